The van der Waals surface area contributed by atoms with Crippen LogP contribution in [-0.4, -0.2) is 21.1 Å². The molecule has 4 rings (SSSR count). The highest BCUT2D eigenvalue weighted by Crippen LogP contribution is 2.38. The van der Waals surface area contributed by atoms with Crippen molar-refractivity contribution in [3.63, 3.8) is 0 Å². The molecule has 1 unspecified atom stereocenters. The highest BCUT2D eigenvalue weighted by molar-refractivity contribution is 8.00. The second-order valence-electron chi connectivity index (χ2n) is 6.07. The zero-order valence-electron chi connectivity index (χ0n) is 14.9. The number of carbonyl (C=O) groups excluding carboxylic acids is 1. The lowest BCUT2D eigenvalue weighted by Crippen LogP contribution is -2.30. The standard InChI is InChI=1S/C20H16FN3O2S2/c1-12(19(25)22-10-15-3-2-8-26-15)27-20-18-16(23-11-24-20)9-17(28-18)13-4-6-14(21)7-5-13/h2-9,11-12H,10H2,1H3,(H,22,25). The van der Waals surface area contributed by atoms with Crippen molar-refractivity contribution >= 4 is 39.2 Å². The first-order chi connectivity index (χ1) is 13.6. The van der Waals surface area contributed by atoms with Gasteiger partial charge in [-0.3, -0.25) is 4.79 Å². The molecule has 8 heteroatoms. The molecule has 1 N–H and O–H groups in total. The maximum Gasteiger partial charge on any atom is 0.233 e. The van der Waals surface area contributed by atoms with Crippen LogP contribution in [0.25, 0.3) is 20.7 Å². The molecule has 4 aromatic rings. The molecule has 0 aliphatic rings. The summed E-state index contributed by atoms with van der Waals surface area (Å²) >= 11 is 2.92. The summed E-state index contributed by atoms with van der Waals surface area (Å²) in [7, 11) is 0. The SMILES string of the molecule is CC(Sc1ncnc2cc(-c3ccc(F)cc3)sc12)C(=O)NCc1ccco1. The number of hydrogen-bond donors (Lipinski definition) is 1. The third-order valence-electron chi connectivity index (χ3n) is 4.08. The Balaban J connectivity index is 1.51. The molecule has 3 aromatic heterocycles. The van der Waals surface area contributed by atoms with Crippen LogP contribution in [-0.2, 0) is 11.3 Å². The van der Waals surface area contributed by atoms with Crippen molar-refractivity contribution in [3.8, 4) is 10.4 Å². The Hall–Kier alpha value is -2.71. The van der Waals surface area contributed by atoms with Gasteiger partial charge < -0.3 is 9.73 Å². The second kappa shape index (κ2) is 8.12. The van der Waals surface area contributed by atoms with E-state index in [9.17, 15) is 9.18 Å². The van der Waals surface area contributed by atoms with E-state index in [2.05, 4.69) is 15.3 Å². The molecular formula is C20H16FN3O2S2. The van der Waals surface area contributed by atoms with Crippen molar-refractivity contribution in [3.05, 3.63) is 66.6 Å². The first-order valence-corrected chi connectivity index (χ1v) is 10.3. The number of halogens is 1. The number of hydrogen-bond acceptors (Lipinski definition) is 6. The number of thioether (sulfide) groups is 1. The van der Waals surface area contributed by atoms with Crippen LogP contribution in [0.2, 0.25) is 0 Å². The Bertz CT molecular complexity index is 1090. The molecule has 0 bridgehead atoms. The molecule has 28 heavy (non-hydrogen) atoms. The van der Waals surface area contributed by atoms with Crippen molar-refractivity contribution in [1.29, 1.82) is 0 Å². The average Bonchev–Trinajstić information content (AvgIpc) is 3.36. The Labute approximate surface area is 169 Å². The minimum Gasteiger partial charge on any atom is -0.467 e. The van der Waals surface area contributed by atoms with Gasteiger partial charge in [0, 0.05) is 4.88 Å². The van der Waals surface area contributed by atoms with Gasteiger partial charge in [0.05, 0.1) is 28.3 Å². The van der Waals surface area contributed by atoms with E-state index in [1.165, 1.54) is 41.6 Å². The molecule has 0 saturated heterocycles. The lowest BCUT2D eigenvalue weighted by Gasteiger charge is -2.11. The van der Waals surface area contributed by atoms with Crippen LogP contribution in [0.15, 0.2) is 64.5 Å². The third-order valence-corrected chi connectivity index (χ3v) is 6.49. The van der Waals surface area contributed by atoms with Gasteiger partial charge in [0.25, 0.3) is 0 Å². The largest absolute Gasteiger partial charge is 0.467 e. The molecule has 0 aliphatic heterocycles. The summed E-state index contributed by atoms with van der Waals surface area (Å²) in [5.41, 5.74) is 1.73. The van der Waals surface area contributed by atoms with Crippen LogP contribution in [0.5, 0.6) is 0 Å². The normalized spacial score (nSPS) is 12.2. The lowest BCUT2D eigenvalue weighted by molar-refractivity contribution is -0.120. The van der Waals surface area contributed by atoms with E-state index in [0.29, 0.717) is 12.3 Å². The summed E-state index contributed by atoms with van der Waals surface area (Å²) in [4.78, 5) is 22.1. The number of rotatable bonds is 6. The van der Waals surface area contributed by atoms with Crippen molar-refractivity contribution in [2.75, 3.05) is 0 Å². The molecular weight excluding hydrogens is 397 g/mol. The van der Waals surface area contributed by atoms with Crippen LogP contribution in [0.3, 0.4) is 0 Å². The number of amides is 1. The molecule has 0 radical (unpaired) electrons. The summed E-state index contributed by atoms with van der Waals surface area (Å²) in [6, 6.07) is 11.9. The third kappa shape index (κ3) is 4.07. The number of thiophene rings is 1. The number of aromatic nitrogens is 2. The van der Waals surface area contributed by atoms with Gasteiger partial charge in [-0.15, -0.1) is 11.3 Å². The van der Waals surface area contributed by atoms with E-state index in [1.807, 2.05) is 19.1 Å². The molecule has 1 aromatic carbocycles. The Morgan fingerprint density at radius 2 is 2.11 bits per heavy atom. The van der Waals surface area contributed by atoms with E-state index < -0.39 is 0 Å². The zero-order valence-corrected chi connectivity index (χ0v) is 16.5. The highest BCUT2D eigenvalue weighted by Gasteiger charge is 2.18. The molecule has 142 valence electrons. The fraction of sp³-hybridized carbons (Fsp3) is 0.150. The Morgan fingerprint density at radius 3 is 2.86 bits per heavy atom. The smallest absolute Gasteiger partial charge is 0.233 e. The summed E-state index contributed by atoms with van der Waals surface area (Å²) in [6.07, 6.45) is 3.08. The number of benzene rings is 1. The van der Waals surface area contributed by atoms with Crippen LogP contribution < -0.4 is 5.32 Å². The first kappa shape index (κ1) is 18.6. The quantitative estimate of drug-likeness (QED) is 0.360. The highest BCUT2D eigenvalue weighted by atomic mass is 32.2. The summed E-state index contributed by atoms with van der Waals surface area (Å²) in [6.45, 7) is 2.19. The minimum atomic E-state index is -0.329. The number of fused-ring (bicyclic) bond motifs is 1. The van der Waals surface area contributed by atoms with E-state index in [0.717, 1.165) is 25.7 Å². The summed E-state index contributed by atoms with van der Waals surface area (Å²) in [5, 5.41) is 3.28. The van der Waals surface area contributed by atoms with Gasteiger partial charge in [-0.25, -0.2) is 14.4 Å². The van der Waals surface area contributed by atoms with Crippen LogP contribution in [0.4, 0.5) is 4.39 Å². The van der Waals surface area contributed by atoms with E-state index >= 15 is 0 Å². The van der Waals surface area contributed by atoms with Gasteiger partial charge in [0.15, 0.2) is 0 Å². The van der Waals surface area contributed by atoms with Gasteiger partial charge in [-0.2, -0.15) is 0 Å². The molecule has 0 saturated carbocycles. The number of carbonyl (C=O) groups is 1. The Morgan fingerprint density at radius 1 is 1.29 bits per heavy atom. The maximum absolute atomic E-state index is 13.2. The minimum absolute atomic E-state index is 0.0940. The number of nitrogens with one attached hydrogen (secondary N) is 1. The molecule has 0 aliphatic carbocycles. The first-order valence-electron chi connectivity index (χ1n) is 8.57. The zero-order chi connectivity index (χ0) is 19.5. The predicted molar refractivity (Wildman–Crippen MR) is 109 cm³/mol. The van der Waals surface area contributed by atoms with Crippen molar-refractivity contribution in [2.45, 2.75) is 23.7 Å². The van der Waals surface area contributed by atoms with Crippen molar-refractivity contribution < 1.29 is 13.6 Å². The molecule has 1 atom stereocenters. The fourth-order valence-electron chi connectivity index (χ4n) is 2.63. The number of nitrogens with zero attached hydrogens (tertiary/aromatic N) is 2. The molecule has 1 amide bonds. The van der Waals surface area contributed by atoms with E-state index in [4.69, 9.17) is 4.42 Å². The monoisotopic (exact) mass is 413 g/mol. The van der Waals surface area contributed by atoms with Gasteiger partial charge >= 0.3 is 0 Å². The fourth-order valence-corrected chi connectivity index (χ4v) is 4.74. The van der Waals surface area contributed by atoms with Gasteiger partial charge in [-0.1, -0.05) is 23.9 Å². The molecule has 0 fully saturated rings. The van der Waals surface area contributed by atoms with E-state index in [1.54, 1.807) is 24.5 Å². The van der Waals surface area contributed by atoms with Gasteiger partial charge in [0.2, 0.25) is 5.91 Å². The molecule has 0 spiro atoms. The van der Waals surface area contributed by atoms with Crippen LogP contribution >= 0.6 is 23.1 Å². The van der Waals surface area contributed by atoms with Gasteiger partial charge in [0.1, 0.15) is 22.9 Å². The van der Waals surface area contributed by atoms with E-state index in [-0.39, 0.29) is 17.0 Å². The van der Waals surface area contributed by atoms with Crippen LogP contribution in [0.1, 0.15) is 12.7 Å². The van der Waals surface area contributed by atoms with Crippen LogP contribution in [0, 0.1) is 5.82 Å². The molecule has 3 heterocycles. The second-order valence-corrected chi connectivity index (χ2v) is 8.45. The maximum atomic E-state index is 13.2. The average molecular weight is 413 g/mol. The van der Waals surface area contributed by atoms with Crippen molar-refractivity contribution in [2.24, 2.45) is 0 Å². The topological polar surface area (TPSA) is 68.0 Å². The molecule has 5 nitrogen and oxygen atoms in total. The lowest BCUT2D eigenvalue weighted by atomic mass is 10.2. The predicted octanol–water partition coefficient (Wildman–Crippen LogP) is 4.89. The number of furan rings is 1. The van der Waals surface area contributed by atoms with Crippen molar-refractivity contribution in [1.82, 2.24) is 15.3 Å². The van der Waals surface area contributed by atoms with Gasteiger partial charge in [-0.05, 0) is 42.8 Å². The summed E-state index contributed by atoms with van der Waals surface area (Å²) in [5.74, 6) is 0.343. The summed E-state index contributed by atoms with van der Waals surface area (Å²) < 4.78 is 19.3. The Kier molecular flexibility index (Phi) is 5.40.